The molecule has 2 rings (SSSR count). The lowest BCUT2D eigenvalue weighted by Gasteiger charge is -2.23. The molecule has 1 unspecified atom stereocenters. The Balaban J connectivity index is 2.61. The Bertz CT molecular complexity index is 637. The fourth-order valence-corrected chi connectivity index (χ4v) is 2.88. The summed E-state index contributed by atoms with van der Waals surface area (Å²) in [4.78, 5) is 3.30. The number of hydrogen-bond donors (Lipinski definition) is 1. The van der Waals surface area contributed by atoms with E-state index in [4.69, 9.17) is 17.0 Å². The Morgan fingerprint density at radius 2 is 2.05 bits per heavy atom. The monoisotopic (exact) mass is 296 g/mol. The molecule has 2 aromatic rings. The van der Waals surface area contributed by atoms with Gasteiger partial charge in [0.2, 0.25) is 0 Å². The summed E-state index contributed by atoms with van der Waals surface area (Å²) in [6.07, 6.45) is 0. The van der Waals surface area contributed by atoms with Crippen LogP contribution in [0.15, 0.2) is 0 Å². The van der Waals surface area contributed by atoms with Crippen molar-refractivity contribution in [3.63, 3.8) is 0 Å². The first kappa shape index (κ1) is 15.3. The minimum atomic E-state index is 0.220. The summed E-state index contributed by atoms with van der Waals surface area (Å²) < 4.78 is 10.6. The van der Waals surface area contributed by atoms with E-state index in [1.807, 2.05) is 18.5 Å². The summed E-state index contributed by atoms with van der Waals surface area (Å²) in [7, 11) is 0. The van der Waals surface area contributed by atoms with Crippen molar-refractivity contribution in [2.45, 2.75) is 47.2 Å². The predicted molar refractivity (Wildman–Crippen MR) is 83.7 cm³/mol. The fourth-order valence-electron chi connectivity index (χ4n) is 2.56. The molecule has 0 fully saturated rings. The third-order valence-electron chi connectivity index (χ3n) is 3.67. The lowest BCUT2D eigenvalue weighted by atomic mass is 10.1. The van der Waals surface area contributed by atoms with Crippen LogP contribution in [0.25, 0.3) is 11.2 Å². The first-order valence-corrected chi connectivity index (χ1v) is 7.67. The third-order valence-corrected chi connectivity index (χ3v) is 3.97. The highest BCUT2D eigenvalue weighted by Crippen LogP contribution is 2.26. The van der Waals surface area contributed by atoms with Gasteiger partial charge in [0.05, 0.1) is 18.3 Å². The number of H-pyrrole nitrogens is 1. The zero-order valence-corrected chi connectivity index (χ0v) is 13.8. The number of nitrogens with one attached hydrogen (secondary N) is 1. The SMILES string of the molecule is CCOCC(C(C)C)n1c(=S)[nH]c2c(C)nn(CC)c21. The molecular weight excluding hydrogens is 272 g/mol. The molecule has 2 aromatic heterocycles. The van der Waals surface area contributed by atoms with Crippen LogP contribution in [0.3, 0.4) is 0 Å². The molecule has 112 valence electrons. The molecule has 0 radical (unpaired) electrons. The maximum absolute atomic E-state index is 5.65. The highest BCUT2D eigenvalue weighted by atomic mass is 32.1. The van der Waals surface area contributed by atoms with Gasteiger partial charge in [-0.25, -0.2) is 4.68 Å². The average molecular weight is 296 g/mol. The number of ether oxygens (including phenoxy) is 1. The van der Waals surface area contributed by atoms with Crippen LogP contribution >= 0.6 is 12.2 Å². The van der Waals surface area contributed by atoms with Gasteiger partial charge in [0.15, 0.2) is 10.4 Å². The third kappa shape index (κ3) is 2.54. The molecule has 0 aliphatic carbocycles. The highest BCUT2D eigenvalue weighted by molar-refractivity contribution is 7.71. The molecule has 2 heterocycles. The highest BCUT2D eigenvalue weighted by Gasteiger charge is 2.23. The number of aromatic nitrogens is 4. The molecule has 6 heteroatoms. The Morgan fingerprint density at radius 1 is 1.35 bits per heavy atom. The van der Waals surface area contributed by atoms with Crippen LogP contribution in [0.1, 0.15) is 39.4 Å². The van der Waals surface area contributed by atoms with Gasteiger partial charge in [0.25, 0.3) is 0 Å². The average Bonchev–Trinajstić information content (AvgIpc) is 2.88. The van der Waals surface area contributed by atoms with E-state index in [0.717, 1.165) is 34.8 Å². The van der Waals surface area contributed by atoms with E-state index in [0.29, 0.717) is 12.5 Å². The van der Waals surface area contributed by atoms with Gasteiger partial charge in [-0.3, -0.25) is 4.57 Å². The molecule has 0 spiro atoms. The van der Waals surface area contributed by atoms with Gasteiger partial charge in [-0.1, -0.05) is 13.8 Å². The van der Waals surface area contributed by atoms with E-state index in [-0.39, 0.29) is 6.04 Å². The van der Waals surface area contributed by atoms with Crippen LogP contribution in [0.5, 0.6) is 0 Å². The topological polar surface area (TPSA) is 47.8 Å². The summed E-state index contributed by atoms with van der Waals surface area (Å²) in [5.41, 5.74) is 3.11. The van der Waals surface area contributed by atoms with Crippen molar-refractivity contribution < 1.29 is 4.74 Å². The van der Waals surface area contributed by atoms with Crippen molar-refractivity contribution in [2.75, 3.05) is 13.2 Å². The molecule has 0 aromatic carbocycles. The van der Waals surface area contributed by atoms with Crippen LogP contribution in [0.2, 0.25) is 0 Å². The van der Waals surface area contributed by atoms with Crippen molar-refractivity contribution >= 4 is 23.4 Å². The maximum atomic E-state index is 5.65. The predicted octanol–water partition coefficient (Wildman–Crippen LogP) is 3.46. The molecule has 1 N–H and O–H groups in total. The van der Waals surface area contributed by atoms with Gasteiger partial charge in [-0.05, 0) is 38.9 Å². The van der Waals surface area contributed by atoms with E-state index in [1.54, 1.807) is 0 Å². The van der Waals surface area contributed by atoms with Crippen LogP contribution in [0, 0.1) is 17.6 Å². The molecule has 0 aliphatic rings. The number of aryl methyl sites for hydroxylation is 2. The molecule has 5 nitrogen and oxygen atoms in total. The van der Waals surface area contributed by atoms with Crippen LogP contribution in [-0.2, 0) is 11.3 Å². The van der Waals surface area contributed by atoms with Crippen LogP contribution in [0.4, 0.5) is 0 Å². The smallest absolute Gasteiger partial charge is 0.179 e. The largest absolute Gasteiger partial charge is 0.380 e. The van der Waals surface area contributed by atoms with Gasteiger partial charge < -0.3 is 9.72 Å². The number of fused-ring (bicyclic) bond motifs is 1. The normalized spacial score (nSPS) is 13.5. The summed E-state index contributed by atoms with van der Waals surface area (Å²) in [5, 5.41) is 4.57. The van der Waals surface area contributed by atoms with Crippen molar-refractivity contribution in [1.82, 2.24) is 19.3 Å². The Labute approximate surface area is 124 Å². The van der Waals surface area contributed by atoms with E-state index >= 15 is 0 Å². The minimum absolute atomic E-state index is 0.220. The van der Waals surface area contributed by atoms with Crippen LogP contribution < -0.4 is 0 Å². The first-order valence-electron chi connectivity index (χ1n) is 7.26. The van der Waals surface area contributed by atoms with E-state index in [2.05, 4.69) is 35.4 Å². The summed E-state index contributed by atoms with van der Waals surface area (Å²) in [5.74, 6) is 0.438. The number of nitrogens with zero attached hydrogens (tertiary/aromatic N) is 3. The second-order valence-electron chi connectivity index (χ2n) is 5.37. The van der Waals surface area contributed by atoms with Gasteiger partial charge >= 0.3 is 0 Å². The first-order chi connectivity index (χ1) is 9.51. The van der Waals surface area contributed by atoms with Crippen LogP contribution in [-0.4, -0.2) is 32.5 Å². The summed E-state index contributed by atoms with van der Waals surface area (Å²) in [6, 6.07) is 0.220. The van der Waals surface area contributed by atoms with Gasteiger partial charge in [-0.15, -0.1) is 0 Å². The summed E-state index contributed by atoms with van der Waals surface area (Å²) in [6.45, 7) is 12.7. The number of rotatable bonds is 6. The van der Waals surface area contributed by atoms with Crippen molar-refractivity contribution in [3.05, 3.63) is 10.5 Å². The Hall–Kier alpha value is -1.14. The van der Waals surface area contributed by atoms with Crippen molar-refractivity contribution in [3.8, 4) is 0 Å². The molecule has 1 atom stereocenters. The lowest BCUT2D eigenvalue weighted by Crippen LogP contribution is -2.22. The second-order valence-corrected chi connectivity index (χ2v) is 5.76. The number of imidazole rings is 1. The quantitative estimate of drug-likeness (QED) is 0.830. The summed E-state index contributed by atoms with van der Waals surface area (Å²) >= 11 is 5.53. The molecule has 0 bridgehead atoms. The fraction of sp³-hybridized carbons (Fsp3) is 0.714. The Morgan fingerprint density at radius 3 is 2.60 bits per heavy atom. The zero-order valence-electron chi connectivity index (χ0n) is 12.9. The molecule has 0 saturated carbocycles. The van der Waals surface area contributed by atoms with Crippen molar-refractivity contribution in [1.29, 1.82) is 0 Å². The second kappa shape index (κ2) is 6.10. The molecule has 0 amide bonds. The standard InChI is InChI=1S/C14H24N4OS/c1-6-17-13-12(10(5)16-17)15-14(20)18(13)11(9(3)4)8-19-7-2/h9,11H,6-8H2,1-5H3,(H,15,20). The van der Waals surface area contributed by atoms with E-state index in [9.17, 15) is 0 Å². The molecule has 20 heavy (non-hydrogen) atoms. The van der Waals surface area contributed by atoms with E-state index in [1.165, 1.54) is 0 Å². The molecule has 0 aliphatic heterocycles. The minimum Gasteiger partial charge on any atom is -0.380 e. The Kier molecular flexibility index (Phi) is 4.65. The van der Waals surface area contributed by atoms with E-state index < -0.39 is 0 Å². The van der Waals surface area contributed by atoms with Gasteiger partial charge in [-0.2, -0.15) is 5.10 Å². The number of hydrogen-bond acceptors (Lipinski definition) is 3. The molecule has 0 saturated heterocycles. The van der Waals surface area contributed by atoms with Gasteiger partial charge in [0, 0.05) is 13.2 Å². The maximum Gasteiger partial charge on any atom is 0.179 e. The number of aromatic amines is 1. The lowest BCUT2D eigenvalue weighted by molar-refractivity contribution is 0.0969. The zero-order chi connectivity index (χ0) is 14.9. The van der Waals surface area contributed by atoms with Crippen molar-refractivity contribution in [2.24, 2.45) is 5.92 Å². The van der Waals surface area contributed by atoms with Gasteiger partial charge in [0.1, 0.15) is 5.52 Å². The molecular formula is C14H24N4OS.